The highest BCUT2D eigenvalue weighted by molar-refractivity contribution is 5.76. The zero-order valence-corrected chi connectivity index (χ0v) is 11.9. The molecule has 0 radical (unpaired) electrons. The molecule has 0 saturated carbocycles. The number of fused-ring (bicyclic) bond motifs is 1. The Bertz CT molecular complexity index is 576. The zero-order valence-electron chi connectivity index (χ0n) is 11.9. The second kappa shape index (κ2) is 7.05. The van der Waals surface area contributed by atoms with Crippen LogP contribution in [-0.4, -0.2) is 28.5 Å². The van der Waals surface area contributed by atoms with Gasteiger partial charge in [0.15, 0.2) is 0 Å². The summed E-state index contributed by atoms with van der Waals surface area (Å²) >= 11 is 0. The van der Waals surface area contributed by atoms with Gasteiger partial charge in [-0.05, 0) is 32.0 Å². The first-order chi connectivity index (χ1) is 9.76. The molecule has 0 bridgehead atoms. The molecular weight excluding hydrogens is 252 g/mol. The van der Waals surface area contributed by atoms with Crippen molar-refractivity contribution in [3.63, 3.8) is 0 Å². The quantitative estimate of drug-likeness (QED) is 0.802. The molecule has 5 nitrogen and oxygen atoms in total. The van der Waals surface area contributed by atoms with Gasteiger partial charge < -0.3 is 15.6 Å². The van der Waals surface area contributed by atoms with Crippen molar-refractivity contribution in [3.8, 4) is 0 Å². The number of imidazole rings is 1. The average Bonchev–Trinajstić information content (AvgIpc) is 2.82. The second-order valence-corrected chi connectivity index (χ2v) is 4.75. The number of aromatic nitrogens is 2. The number of nitrogens with zero attached hydrogens (tertiary/aromatic N) is 2. The molecular formula is C15H22N4O. The Hall–Kier alpha value is -1.88. The normalized spacial score (nSPS) is 10.9. The molecule has 0 aliphatic heterocycles. The molecule has 0 spiro atoms. The number of aryl methyl sites for hydroxylation is 1. The van der Waals surface area contributed by atoms with Gasteiger partial charge in [-0.1, -0.05) is 12.1 Å². The molecule has 3 N–H and O–H groups in total. The van der Waals surface area contributed by atoms with E-state index in [4.69, 9.17) is 5.73 Å². The fourth-order valence-electron chi connectivity index (χ4n) is 2.33. The summed E-state index contributed by atoms with van der Waals surface area (Å²) in [5.41, 5.74) is 7.55. The summed E-state index contributed by atoms with van der Waals surface area (Å²) in [5, 5.41) is 2.91. The second-order valence-electron chi connectivity index (χ2n) is 4.75. The number of carbonyl (C=O) groups excluding carboxylic acids is 1. The van der Waals surface area contributed by atoms with Gasteiger partial charge in [-0.3, -0.25) is 4.79 Å². The number of amides is 1. The minimum Gasteiger partial charge on any atom is -0.356 e. The van der Waals surface area contributed by atoms with Gasteiger partial charge in [0, 0.05) is 25.9 Å². The highest BCUT2D eigenvalue weighted by atomic mass is 16.1. The number of nitrogens with two attached hydrogens (primary N) is 1. The van der Waals surface area contributed by atoms with Crippen molar-refractivity contribution < 1.29 is 4.79 Å². The van der Waals surface area contributed by atoms with Crippen LogP contribution in [-0.2, 0) is 17.8 Å². The van der Waals surface area contributed by atoms with E-state index in [9.17, 15) is 4.79 Å². The van der Waals surface area contributed by atoms with E-state index in [-0.39, 0.29) is 5.91 Å². The van der Waals surface area contributed by atoms with Crippen LogP contribution >= 0.6 is 0 Å². The van der Waals surface area contributed by atoms with Crippen molar-refractivity contribution in [1.29, 1.82) is 0 Å². The third-order valence-corrected chi connectivity index (χ3v) is 3.33. The lowest BCUT2D eigenvalue weighted by Crippen LogP contribution is -2.26. The average molecular weight is 274 g/mol. The number of hydrogen-bond acceptors (Lipinski definition) is 3. The number of para-hydroxylation sites is 2. The number of hydrogen-bond donors (Lipinski definition) is 2. The summed E-state index contributed by atoms with van der Waals surface area (Å²) in [4.78, 5) is 16.2. The highest BCUT2D eigenvalue weighted by Crippen LogP contribution is 2.15. The monoisotopic (exact) mass is 274 g/mol. The Morgan fingerprint density at radius 3 is 2.95 bits per heavy atom. The van der Waals surface area contributed by atoms with Gasteiger partial charge in [0.05, 0.1) is 11.0 Å². The molecule has 0 atom stereocenters. The summed E-state index contributed by atoms with van der Waals surface area (Å²) in [5.74, 6) is 1.09. The van der Waals surface area contributed by atoms with Crippen LogP contribution in [0.2, 0.25) is 0 Å². The number of nitrogens with one attached hydrogen (secondary N) is 1. The minimum atomic E-state index is 0.0645. The summed E-state index contributed by atoms with van der Waals surface area (Å²) in [6, 6.07) is 8.11. The SMILES string of the molecule is CCn1c(CCNC(=O)CCCN)nc2ccccc21. The molecule has 0 saturated heterocycles. The molecule has 2 aromatic rings. The number of rotatable bonds is 7. The smallest absolute Gasteiger partial charge is 0.220 e. The summed E-state index contributed by atoms with van der Waals surface area (Å²) in [7, 11) is 0. The molecule has 2 rings (SSSR count). The van der Waals surface area contributed by atoms with Crippen molar-refractivity contribution in [1.82, 2.24) is 14.9 Å². The summed E-state index contributed by atoms with van der Waals surface area (Å²) < 4.78 is 2.20. The van der Waals surface area contributed by atoms with E-state index < -0.39 is 0 Å². The van der Waals surface area contributed by atoms with Crippen LogP contribution < -0.4 is 11.1 Å². The lowest BCUT2D eigenvalue weighted by atomic mass is 10.3. The molecule has 108 valence electrons. The topological polar surface area (TPSA) is 72.9 Å². The van der Waals surface area contributed by atoms with Gasteiger partial charge in [-0.25, -0.2) is 4.98 Å². The third-order valence-electron chi connectivity index (χ3n) is 3.33. The first-order valence-corrected chi connectivity index (χ1v) is 7.17. The molecule has 1 aromatic heterocycles. The molecule has 0 aliphatic rings. The Labute approximate surface area is 119 Å². The van der Waals surface area contributed by atoms with E-state index in [1.807, 2.05) is 18.2 Å². The van der Waals surface area contributed by atoms with Gasteiger partial charge in [-0.2, -0.15) is 0 Å². The summed E-state index contributed by atoms with van der Waals surface area (Å²) in [6.45, 7) is 4.17. The predicted octanol–water partition coefficient (Wildman–Crippen LogP) is 1.45. The van der Waals surface area contributed by atoms with Crippen LogP contribution in [0.4, 0.5) is 0 Å². The Morgan fingerprint density at radius 2 is 2.20 bits per heavy atom. The third kappa shape index (κ3) is 3.36. The Morgan fingerprint density at radius 1 is 1.40 bits per heavy atom. The lowest BCUT2D eigenvalue weighted by Gasteiger charge is -2.07. The fraction of sp³-hybridized carbons (Fsp3) is 0.467. The van der Waals surface area contributed by atoms with E-state index in [0.717, 1.165) is 36.2 Å². The number of benzene rings is 1. The molecule has 20 heavy (non-hydrogen) atoms. The Balaban J connectivity index is 1.97. The van der Waals surface area contributed by atoms with Crippen molar-refractivity contribution in [2.75, 3.05) is 13.1 Å². The standard InChI is InChI=1S/C15H22N4O/c1-2-19-13-7-4-3-6-12(13)18-14(19)9-11-17-15(20)8-5-10-16/h3-4,6-7H,2,5,8-11,16H2,1H3,(H,17,20). The Kier molecular flexibility index (Phi) is 5.12. The van der Waals surface area contributed by atoms with Crippen LogP contribution in [0.1, 0.15) is 25.6 Å². The maximum atomic E-state index is 11.5. The molecule has 0 fully saturated rings. The first-order valence-electron chi connectivity index (χ1n) is 7.17. The van der Waals surface area contributed by atoms with Crippen molar-refractivity contribution >= 4 is 16.9 Å². The van der Waals surface area contributed by atoms with E-state index >= 15 is 0 Å². The molecule has 1 amide bonds. The van der Waals surface area contributed by atoms with E-state index in [1.54, 1.807) is 0 Å². The van der Waals surface area contributed by atoms with Crippen molar-refractivity contribution in [3.05, 3.63) is 30.1 Å². The van der Waals surface area contributed by atoms with E-state index in [1.165, 1.54) is 0 Å². The van der Waals surface area contributed by atoms with Crippen molar-refractivity contribution in [2.45, 2.75) is 32.7 Å². The first kappa shape index (κ1) is 14.5. The number of carbonyl (C=O) groups is 1. The molecule has 0 aliphatic carbocycles. The minimum absolute atomic E-state index is 0.0645. The highest BCUT2D eigenvalue weighted by Gasteiger charge is 2.09. The van der Waals surface area contributed by atoms with E-state index in [2.05, 4.69) is 27.9 Å². The van der Waals surface area contributed by atoms with Gasteiger partial charge in [0.2, 0.25) is 5.91 Å². The van der Waals surface area contributed by atoms with E-state index in [0.29, 0.717) is 19.5 Å². The van der Waals surface area contributed by atoms with Gasteiger partial charge in [-0.15, -0.1) is 0 Å². The van der Waals surface area contributed by atoms with Crippen LogP contribution in [0.25, 0.3) is 11.0 Å². The lowest BCUT2D eigenvalue weighted by molar-refractivity contribution is -0.121. The van der Waals surface area contributed by atoms with Gasteiger partial charge in [0.1, 0.15) is 5.82 Å². The molecule has 0 unspecified atom stereocenters. The van der Waals surface area contributed by atoms with Crippen LogP contribution in [0, 0.1) is 0 Å². The van der Waals surface area contributed by atoms with Crippen LogP contribution in [0.3, 0.4) is 0 Å². The fourth-order valence-corrected chi connectivity index (χ4v) is 2.33. The van der Waals surface area contributed by atoms with Crippen LogP contribution in [0.15, 0.2) is 24.3 Å². The molecule has 1 heterocycles. The maximum absolute atomic E-state index is 11.5. The van der Waals surface area contributed by atoms with Gasteiger partial charge >= 0.3 is 0 Å². The van der Waals surface area contributed by atoms with Gasteiger partial charge in [0.25, 0.3) is 0 Å². The predicted molar refractivity (Wildman–Crippen MR) is 80.4 cm³/mol. The largest absolute Gasteiger partial charge is 0.356 e. The van der Waals surface area contributed by atoms with Crippen molar-refractivity contribution in [2.24, 2.45) is 5.73 Å². The molecule has 5 heteroatoms. The molecule has 1 aromatic carbocycles. The zero-order chi connectivity index (χ0) is 14.4. The summed E-state index contributed by atoms with van der Waals surface area (Å²) in [6.07, 6.45) is 1.98. The maximum Gasteiger partial charge on any atom is 0.220 e. The van der Waals surface area contributed by atoms with Crippen LogP contribution in [0.5, 0.6) is 0 Å².